The van der Waals surface area contributed by atoms with Gasteiger partial charge in [0.1, 0.15) is 11.5 Å². The van der Waals surface area contributed by atoms with Crippen molar-refractivity contribution in [2.24, 2.45) is 0 Å². The van der Waals surface area contributed by atoms with Gasteiger partial charge in [0.15, 0.2) is 5.65 Å². The van der Waals surface area contributed by atoms with Gasteiger partial charge in [-0.3, -0.25) is 14.0 Å². The van der Waals surface area contributed by atoms with Gasteiger partial charge < -0.3 is 10.6 Å². The number of carbonyl (C=O) groups excluding carboxylic acids is 1. The van der Waals surface area contributed by atoms with Crippen molar-refractivity contribution in [1.82, 2.24) is 19.7 Å². The minimum atomic E-state index is -0.216. The summed E-state index contributed by atoms with van der Waals surface area (Å²) < 4.78 is 1.51. The maximum absolute atomic E-state index is 13.1. The molecule has 0 radical (unpaired) electrons. The lowest BCUT2D eigenvalue weighted by molar-refractivity contribution is 0.0938. The monoisotopic (exact) mass is 393 g/mol. The van der Waals surface area contributed by atoms with Crippen LogP contribution in [0.25, 0.3) is 16.7 Å². The molecule has 1 saturated carbocycles. The van der Waals surface area contributed by atoms with Crippen molar-refractivity contribution in [2.75, 3.05) is 5.32 Å². The third-order valence-electron chi connectivity index (χ3n) is 5.76. The Labute approximate surface area is 169 Å². The Morgan fingerprint density at radius 3 is 2.79 bits per heavy atom. The fraction of sp³-hybridized carbons (Fsp3) is 0.455. The highest BCUT2D eigenvalue weighted by atomic mass is 16.2. The van der Waals surface area contributed by atoms with Crippen LogP contribution in [0.2, 0.25) is 0 Å². The molecular weight excluding hydrogens is 366 g/mol. The second-order valence-electron chi connectivity index (χ2n) is 7.97. The summed E-state index contributed by atoms with van der Waals surface area (Å²) in [6, 6.07) is 5.70. The molecule has 0 bridgehead atoms. The Balaban J connectivity index is 1.88. The van der Waals surface area contributed by atoms with Crippen molar-refractivity contribution in [2.45, 2.75) is 65.0 Å². The van der Waals surface area contributed by atoms with E-state index in [1.54, 1.807) is 12.3 Å². The lowest BCUT2D eigenvalue weighted by Crippen LogP contribution is -2.34. The van der Waals surface area contributed by atoms with Gasteiger partial charge in [0.2, 0.25) is 0 Å². The van der Waals surface area contributed by atoms with E-state index in [-0.39, 0.29) is 23.6 Å². The maximum atomic E-state index is 13.1. The zero-order valence-corrected chi connectivity index (χ0v) is 17.2. The SMILES string of the molecule is CC[C@H](C)Nc1nc2nc3c(C)cccn3c(=O)c2cc1C(=O)NC1CCCC1. The molecule has 4 rings (SSSR count). The smallest absolute Gasteiger partial charge is 0.267 e. The van der Waals surface area contributed by atoms with E-state index in [4.69, 9.17) is 0 Å². The number of hydrogen-bond donors (Lipinski definition) is 2. The Hall–Kier alpha value is -2.96. The number of rotatable bonds is 5. The van der Waals surface area contributed by atoms with Gasteiger partial charge in [-0.15, -0.1) is 0 Å². The average molecular weight is 393 g/mol. The molecule has 0 unspecified atom stereocenters. The van der Waals surface area contributed by atoms with Crippen molar-refractivity contribution in [3.05, 3.63) is 45.9 Å². The van der Waals surface area contributed by atoms with Crippen LogP contribution in [0.5, 0.6) is 0 Å². The minimum absolute atomic E-state index is 0.140. The fourth-order valence-electron chi connectivity index (χ4n) is 3.84. The molecule has 1 aliphatic carbocycles. The van der Waals surface area contributed by atoms with Crippen LogP contribution in [-0.4, -0.2) is 32.4 Å². The van der Waals surface area contributed by atoms with Crippen molar-refractivity contribution < 1.29 is 4.79 Å². The van der Waals surface area contributed by atoms with E-state index in [2.05, 4.69) is 27.5 Å². The van der Waals surface area contributed by atoms with Gasteiger partial charge in [-0.25, -0.2) is 9.97 Å². The highest BCUT2D eigenvalue weighted by molar-refractivity contribution is 6.02. The summed E-state index contributed by atoms with van der Waals surface area (Å²) in [5.74, 6) is 0.290. The van der Waals surface area contributed by atoms with Crippen LogP contribution in [-0.2, 0) is 0 Å². The number of nitrogens with one attached hydrogen (secondary N) is 2. The molecule has 7 heteroatoms. The topological polar surface area (TPSA) is 88.4 Å². The molecule has 0 aromatic carbocycles. The Morgan fingerprint density at radius 2 is 2.07 bits per heavy atom. The zero-order chi connectivity index (χ0) is 20.5. The molecule has 3 aromatic rings. The van der Waals surface area contributed by atoms with Crippen molar-refractivity contribution in [1.29, 1.82) is 0 Å². The number of amides is 1. The molecule has 29 heavy (non-hydrogen) atoms. The molecule has 1 aliphatic rings. The van der Waals surface area contributed by atoms with Gasteiger partial charge in [0, 0.05) is 18.3 Å². The van der Waals surface area contributed by atoms with Crippen molar-refractivity contribution >= 4 is 28.4 Å². The Bertz CT molecular complexity index is 1130. The molecule has 3 aromatic heterocycles. The van der Waals surface area contributed by atoms with E-state index in [1.165, 1.54) is 4.40 Å². The number of carbonyl (C=O) groups is 1. The quantitative estimate of drug-likeness (QED) is 0.649. The number of anilines is 1. The van der Waals surface area contributed by atoms with Crippen LogP contribution in [0.3, 0.4) is 0 Å². The number of pyridine rings is 2. The number of fused-ring (bicyclic) bond motifs is 2. The summed E-state index contributed by atoms with van der Waals surface area (Å²) in [7, 11) is 0. The van der Waals surface area contributed by atoms with Crippen molar-refractivity contribution in [3.63, 3.8) is 0 Å². The predicted octanol–water partition coefficient (Wildman–Crippen LogP) is 3.43. The normalized spacial score (nSPS) is 15.7. The van der Waals surface area contributed by atoms with Gasteiger partial charge in [-0.2, -0.15) is 0 Å². The third kappa shape index (κ3) is 3.69. The van der Waals surface area contributed by atoms with Crippen LogP contribution in [0.4, 0.5) is 5.82 Å². The summed E-state index contributed by atoms with van der Waals surface area (Å²) in [6.45, 7) is 6.02. The summed E-state index contributed by atoms with van der Waals surface area (Å²) in [5, 5.41) is 6.78. The number of nitrogens with zero attached hydrogens (tertiary/aromatic N) is 3. The Morgan fingerprint density at radius 1 is 1.31 bits per heavy atom. The maximum Gasteiger partial charge on any atom is 0.267 e. The van der Waals surface area contributed by atoms with Gasteiger partial charge >= 0.3 is 0 Å². The van der Waals surface area contributed by atoms with Gasteiger partial charge in [-0.1, -0.05) is 25.8 Å². The van der Waals surface area contributed by atoms with Crippen LogP contribution >= 0.6 is 0 Å². The van der Waals surface area contributed by atoms with E-state index in [9.17, 15) is 9.59 Å². The molecule has 1 atom stereocenters. The van der Waals surface area contributed by atoms with Crippen LogP contribution in [0, 0.1) is 6.92 Å². The van der Waals surface area contributed by atoms with E-state index in [1.807, 2.05) is 26.0 Å². The largest absolute Gasteiger partial charge is 0.367 e. The molecule has 2 N–H and O–H groups in total. The van der Waals surface area contributed by atoms with Crippen LogP contribution in [0.1, 0.15) is 61.9 Å². The number of aryl methyl sites for hydroxylation is 1. The van der Waals surface area contributed by atoms with E-state index in [0.717, 1.165) is 37.7 Å². The van der Waals surface area contributed by atoms with E-state index >= 15 is 0 Å². The summed E-state index contributed by atoms with van der Waals surface area (Å²) >= 11 is 0. The van der Waals surface area contributed by atoms with E-state index < -0.39 is 0 Å². The summed E-state index contributed by atoms with van der Waals surface area (Å²) in [5.41, 5.74) is 2.01. The van der Waals surface area contributed by atoms with E-state index in [0.29, 0.717) is 28.1 Å². The first-order chi connectivity index (χ1) is 14.0. The summed E-state index contributed by atoms with van der Waals surface area (Å²) in [6.07, 6.45) is 6.84. The molecule has 0 saturated heterocycles. The predicted molar refractivity (Wildman–Crippen MR) is 115 cm³/mol. The van der Waals surface area contributed by atoms with Gasteiger partial charge in [0.05, 0.1) is 10.9 Å². The van der Waals surface area contributed by atoms with Gasteiger partial charge in [0.25, 0.3) is 11.5 Å². The second kappa shape index (κ2) is 7.81. The molecule has 1 amide bonds. The lowest BCUT2D eigenvalue weighted by Gasteiger charge is -2.18. The molecule has 0 spiro atoms. The third-order valence-corrected chi connectivity index (χ3v) is 5.76. The molecule has 3 heterocycles. The zero-order valence-electron chi connectivity index (χ0n) is 17.2. The van der Waals surface area contributed by atoms with Crippen molar-refractivity contribution in [3.8, 4) is 0 Å². The Kier molecular flexibility index (Phi) is 5.22. The van der Waals surface area contributed by atoms with Crippen LogP contribution in [0.15, 0.2) is 29.2 Å². The first kappa shape index (κ1) is 19.4. The van der Waals surface area contributed by atoms with Gasteiger partial charge in [-0.05, 0) is 50.8 Å². The molecule has 7 nitrogen and oxygen atoms in total. The first-order valence-electron chi connectivity index (χ1n) is 10.4. The molecule has 1 fully saturated rings. The fourth-order valence-corrected chi connectivity index (χ4v) is 3.84. The molecular formula is C22H27N5O2. The highest BCUT2D eigenvalue weighted by Gasteiger charge is 2.23. The summed E-state index contributed by atoms with van der Waals surface area (Å²) in [4.78, 5) is 35.4. The standard InChI is InChI=1S/C22H27N5O2/c1-4-14(3)23-18-16(21(28)24-15-9-5-6-10-15)12-17-19(25-18)26-20-13(2)8-7-11-27(20)22(17)29/h7-8,11-12,14-15H,4-6,9-10H2,1-3H3,(H,23,25)(H,24,28)/t14-/m0/s1. The first-order valence-corrected chi connectivity index (χ1v) is 10.4. The highest BCUT2D eigenvalue weighted by Crippen LogP contribution is 2.22. The molecule has 152 valence electrons. The second-order valence-corrected chi connectivity index (χ2v) is 7.97. The minimum Gasteiger partial charge on any atom is -0.367 e. The molecule has 0 aliphatic heterocycles. The lowest BCUT2D eigenvalue weighted by atomic mass is 10.1. The number of hydrogen-bond acceptors (Lipinski definition) is 5. The van der Waals surface area contributed by atoms with Crippen LogP contribution < -0.4 is 16.2 Å². The number of aromatic nitrogens is 3. The average Bonchev–Trinajstić information content (AvgIpc) is 3.21.